The first kappa shape index (κ1) is 24.6. The smallest absolute Gasteiger partial charge is 0.422 e. The van der Waals surface area contributed by atoms with Crippen LogP contribution in [0, 0.1) is 13.8 Å². The van der Waals surface area contributed by atoms with Crippen LogP contribution in [0.1, 0.15) is 28.7 Å². The fourth-order valence-electron chi connectivity index (χ4n) is 3.07. The van der Waals surface area contributed by atoms with Crippen molar-refractivity contribution in [2.45, 2.75) is 39.4 Å². The maximum absolute atomic E-state index is 12.4. The van der Waals surface area contributed by atoms with Crippen molar-refractivity contribution in [2.75, 3.05) is 19.4 Å². The molecule has 8 heteroatoms. The highest BCUT2D eigenvalue weighted by Gasteiger charge is 2.29. The zero-order chi connectivity index (χ0) is 20.9. The van der Waals surface area contributed by atoms with E-state index in [1.54, 1.807) is 44.0 Å². The van der Waals surface area contributed by atoms with Crippen molar-refractivity contribution in [3.05, 3.63) is 58.7 Å². The molecule has 0 saturated carbocycles. The molecule has 0 saturated heterocycles. The molecule has 0 aromatic heterocycles. The normalized spacial score (nSPS) is 11.0. The molecule has 0 atom stereocenters. The Kier molecular flexibility index (Phi) is 8.82. The topological polar surface area (TPSA) is 55.6 Å². The average Bonchev–Trinajstić information content (AvgIpc) is 2.59. The van der Waals surface area contributed by atoms with Crippen molar-refractivity contribution in [1.82, 2.24) is 4.90 Å². The maximum atomic E-state index is 12.4. The van der Waals surface area contributed by atoms with Crippen LogP contribution in [-0.2, 0) is 17.8 Å². The van der Waals surface area contributed by atoms with Gasteiger partial charge in [0.05, 0.1) is 0 Å². The summed E-state index contributed by atoms with van der Waals surface area (Å²) in [7, 11) is 1.70. The highest BCUT2D eigenvalue weighted by molar-refractivity contribution is 5.85. The van der Waals surface area contributed by atoms with E-state index in [0.29, 0.717) is 36.2 Å². The Balaban J connectivity index is 0.00000420. The average molecular weight is 431 g/mol. The van der Waals surface area contributed by atoms with Gasteiger partial charge in [0.25, 0.3) is 0 Å². The fourth-order valence-corrected chi connectivity index (χ4v) is 3.07. The zero-order valence-electron chi connectivity index (χ0n) is 16.7. The van der Waals surface area contributed by atoms with Crippen LogP contribution < -0.4 is 10.5 Å². The van der Waals surface area contributed by atoms with E-state index >= 15 is 0 Å². The fraction of sp³-hybridized carbons (Fsp3) is 0.381. The first-order valence-electron chi connectivity index (χ1n) is 8.94. The molecule has 0 aliphatic rings. The monoisotopic (exact) mass is 430 g/mol. The van der Waals surface area contributed by atoms with Crippen LogP contribution in [0.25, 0.3) is 0 Å². The highest BCUT2D eigenvalue weighted by atomic mass is 35.5. The summed E-state index contributed by atoms with van der Waals surface area (Å²) in [6.07, 6.45) is -3.50. The van der Waals surface area contributed by atoms with E-state index in [0.717, 1.165) is 11.1 Å². The van der Waals surface area contributed by atoms with Crippen LogP contribution in [0.15, 0.2) is 36.4 Å². The van der Waals surface area contributed by atoms with E-state index in [4.69, 9.17) is 10.5 Å². The predicted molar refractivity (Wildman–Crippen MR) is 110 cm³/mol. The Morgan fingerprint density at radius 2 is 1.72 bits per heavy atom. The number of ether oxygens (including phenoxy) is 1. The van der Waals surface area contributed by atoms with Gasteiger partial charge in [0, 0.05) is 25.7 Å². The number of rotatable bonds is 7. The molecule has 0 spiro atoms. The lowest BCUT2D eigenvalue weighted by Gasteiger charge is -2.20. The first-order valence-corrected chi connectivity index (χ1v) is 8.94. The molecule has 29 heavy (non-hydrogen) atoms. The number of para-hydroxylation sites is 1. The maximum Gasteiger partial charge on any atom is 0.422 e. The molecule has 2 rings (SSSR count). The summed E-state index contributed by atoms with van der Waals surface area (Å²) in [5.41, 5.74) is 9.55. The number of halogens is 4. The Morgan fingerprint density at radius 1 is 1.14 bits per heavy atom. The number of carbonyl (C=O) groups is 1. The summed E-state index contributed by atoms with van der Waals surface area (Å²) in [4.78, 5) is 14.0. The number of nitrogen functional groups attached to an aromatic ring is 1. The second kappa shape index (κ2) is 10.4. The summed E-state index contributed by atoms with van der Waals surface area (Å²) >= 11 is 0. The number of nitrogens with two attached hydrogens (primary N) is 1. The lowest BCUT2D eigenvalue weighted by molar-refractivity contribution is -0.153. The van der Waals surface area contributed by atoms with Gasteiger partial charge in [-0.1, -0.05) is 30.3 Å². The first-order chi connectivity index (χ1) is 13.1. The van der Waals surface area contributed by atoms with Gasteiger partial charge < -0.3 is 15.4 Å². The van der Waals surface area contributed by atoms with Gasteiger partial charge in [0.2, 0.25) is 5.91 Å². The molecule has 0 unspecified atom stereocenters. The number of hydrogen-bond acceptors (Lipinski definition) is 3. The van der Waals surface area contributed by atoms with E-state index < -0.39 is 12.8 Å². The lowest BCUT2D eigenvalue weighted by atomic mass is 10.0. The van der Waals surface area contributed by atoms with E-state index in [2.05, 4.69) is 0 Å². The summed E-state index contributed by atoms with van der Waals surface area (Å²) in [6.45, 7) is 2.43. The molecular formula is C21H26ClF3N2O2. The van der Waals surface area contributed by atoms with E-state index in [-0.39, 0.29) is 24.1 Å². The van der Waals surface area contributed by atoms with Gasteiger partial charge in [-0.2, -0.15) is 13.2 Å². The largest absolute Gasteiger partial charge is 0.484 e. The molecule has 2 aromatic carbocycles. The minimum absolute atomic E-state index is 0. The number of benzene rings is 2. The van der Waals surface area contributed by atoms with Crippen molar-refractivity contribution in [3.63, 3.8) is 0 Å². The molecule has 0 aliphatic carbocycles. The summed E-state index contributed by atoms with van der Waals surface area (Å²) in [6, 6.07) is 10.9. The minimum Gasteiger partial charge on any atom is -0.484 e. The van der Waals surface area contributed by atoms with Gasteiger partial charge in [-0.05, 0) is 48.6 Å². The Labute approximate surface area is 175 Å². The predicted octanol–water partition coefficient (Wildman–Crippen LogP) is 4.84. The summed E-state index contributed by atoms with van der Waals surface area (Å²) < 4.78 is 42.1. The Hall–Kier alpha value is -2.41. The van der Waals surface area contributed by atoms with Crippen LogP contribution in [0.3, 0.4) is 0 Å². The summed E-state index contributed by atoms with van der Waals surface area (Å²) in [5.74, 6) is 0.200. The SMILES string of the molecule is Cc1cc(CN(C)C(=O)CCc2ccccc2N)cc(C)c1OCC(F)(F)F.Cl. The van der Waals surface area contributed by atoms with E-state index in [9.17, 15) is 18.0 Å². The molecule has 4 nitrogen and oxygen atoms in total. The second-order valence-corrected chi connectivity index (χ2v) is 6.91. The standard InChI is InChI=1S/C21H25F3N2O2.ClH/c1-14-10-16(11-15(2)20(14)28-13-21(22,23)24)12-26(3)19(27)9-8-17-6-4-5-7-18(17)25;/h4-7,10-11H,8-9,12-13,25H2,1-3H3;1H. The minimum atomic E-state index is -4.38. The number of amides is 1. The number of nitrogens with zero attached hydrogens (tertiary/aromatic N) is 1. The van der Waals surface area contributed by atoms with Crippen LogP contribution in [0.5, 0.6) is 5.75 Å². The van der Waals surface area contributed by atoms with Gasteiger partial charge in [0.1, 0.15) is 5.75 Å². The number of aryl methyl sites for hydroxylation is 3. The van der Waals surface area contributed by atoms with E-state index in [1.807, 2.05) is 18.2 Å². The molecule has 0 radical (unpaired) electrons. The number of carbonyl (C=O) groups excluding carboxylic acids is 1. The van der Waals surface area contributed by atoms with Crippen molar-refractivity contribution < 1.29 is 22.7 Å². The molecule has 160 valence electrons. The second-order valence-electron chi connectivity index (χ2n) is 6.91. The third-order valence-electron chi connectivity index (χ3n) is 4.41. The highest BCUT2D eigenvalue weighted by Crippen LogP contribution is 2.27. The molecule has 0 aliphatic heterocycles. The molecular weight excluding hydrogens is 405 g/mol. The number of hydrogen-bond donors (Lipinski definition) is 1. The third-order valence-corrected chi connectivity index (χ3v) is 4.41. The van der Waals surface area contributed by atoms with Gasteiger partial charge in [-0.3, -0.25) is 4.79 Å². The van der Waals surface area contributed by atoms with Gasteiger partial charge >= 0.3 is 6.18 Å². The molecule has 0 heterocycles. The number of alkyl halides is 3. The van der Waals surface area contributed by atoms with Gasteiger partial charge in [-0.25, -0.2) is 0 Å². The van der Waals surface area contributed by atoms with Gasteiger partial charge in [-0.15, -0.1) is 12.4 Å². The van der Waals surface area contributed by atoms with Crippen LogP contribution in [0.4, 0.5) is 18.9 Å². The molecule has 1 amide bonds. The Bertz CT molecular complexity index is 818. The van der Waals surface area contributed by atoms with Crippen LogP contribution in [0.2, 0.25) is 0 Å². The van der Waals surface area contributed by atoms with Gasteiger partial charge in [0.15, 0.2) is 6.61 Å². The molecule has 0 fully saturated rings. The third kappa shape index (κ3) is 7.49. The van der Waals surface area contributed by atoms with Crippen molar-refractivity contribution in [2.24, 2.45) is 0 Å². The molecule has 0 bridgehead atoms. The number of anilines is 1. The quantitative estimate of drug-likeness (QED) is 0.639. The summed E-state index contributed by atoms with van der Waals surface area (Å²) in [5, 5.41) is 0. The lowest BCUT2D eigenvalue weighted by Crippen LogP contribution is -2.26. The van der Waals surface area contributed by atoms with Crippen molar-refractivity contribution in [3.8, 4) is 5.75 Å². The van der Waals surface area contributed by atoms with E-state index in [1.165, 1.54) is 0 Å². The molecule has 2 aromatic rings. The zero-order valence-corrected chi connectivity index (χ0v) is 17.5. The van der Waals surface area contributed by atoms with Crippen LogP contribution >= 0.6 is 12.4 Å². The van der Waals surface area contributed by atoms with Crippen LogP contribution in [-0.4, -0.2) is 30.6 Å². The Morgan fingerprint density at radius 3 is 2.28 bits per heavy atom. The van der Waals surface area contributed by atoms with Crippen molar-refractivity contribution >= 4 is 24.0 Å². The van der Waals surface area contributed by atoms with Crippen molar-refractivity contribution in [1.29, 1.82) is 0 Å². The molecule has 2 N–H and O–H groups in total.